The Labute approximate surface area is 199 Å². The fourth-order valence-corrected chi connectivity index (χ4v) is 5.49. The van der Waals surface area contributed by atoms with Crippen molar-refractivity contribution in [3.8, 4) is 11.1 Å². The molecule has 1 saturated carbocycles. The highest BCUT2D eigenvalue weighted by molar-refractivity contribution is 5.81. The number of likely N-dealkylation sites (tertiary alicyclic amines) is 1. The molecule has 2 aromatic rings. The number of rotatable bonds is 8. The van der Waals surface area contributed by atoms with E-state index in [1.165, 1.54) is 22.3 Å². The van der Waals surface area contributed by atoms with Gasteiger partial charge in [-0.1, -0.05) is 48.5 Å². The van der Waals surface area contributed by atoms with Crippen LogP contribution in [0, 0.1) is 5.92 Å². The van der Waals surface area contributed by atoms with Gasteiger partial charge >= 0.3 is 12.1 Å². The largest absolute Gasteiger partial charge is 0.481 e. The zero-order chi connectivity index (χ0) is 23.7. The molecule has 34 heavy (non-hydrogen) atoms. The fraction of sp³-hybridized carbons (Fsp3) is 0.444. The second-order valence-corrected chi connectivity index (χ2v) is 9.86. The highest BCUT2D eigenvalue weighted by Crippen LogP contribution is 2.44. The third-order valence-corrected chi connectivity index (χ3v) is 7.59. The van der Waals surface area contributed by atoms with Gasteiger partial charge in [0.15, 0.2) is 0 Å². The standard InChI is InChI=1S/C27H30N2O5/c30-24(29-15-18(16-29)10-11-25(31)32)14-27(12-5-13-27)28-26(33)34-17-23-21-8-3-1-6-19(21)20-7-2-4-9-22(20)23/h1-4,6-9,18,23H,5,10-17H2,(H,28,33)(H,31,32). The second-order valence-electron chi connectivity index (χ2n) is 9.86. The molecule has 2 aliphatic carbocycles. The lowest BCUT2D eigenvalue weighted by Crippen LogP contribution is -2.58. The lowest BCUT2D eigenvalue weighted by atomic mass is 9.74. The summed E-state index contributed by atoms with van der Waals surface area (Å²) in [6, 6.07) is 16.4. The smallest absolute Gasteiger partial charge is 0.407 e. The number of carbonyl (C=O) groups excluding carboxylic acids is 2. The molecule has 7 nitrogen and oxygen atoms in total. The zero-order valence-corrected chi connectivity index (χ0v) is 19.2. The van der Waals surface area contributed by atoms with E-state index >= 15 is 0 Å². The molecule has 2 fully saturated rings. The van der Waals surface area contributed by atoms with Crippen LogP contribution in [0.15, 0.2) is 48.5 Å². The number of carbonyl (C=O) groups is 3. The van der Waals surface area contributed by atoms with E-state index in [1.807, 2.05) is 24.3 Å². The molecular formula is C27H30N2O5. The summed E-state index contributed by atoms with van der Waals surface area (Å²) in [5, 5.41) is 11.8. The summed E-state index contributed by atoms with van der Waals surface area (Å²) in [7, 11) is 0. The third kappa shape index (κ3) is 4.39. The summed E-state index contributed by atoms with van der Waals surface area (Å²) in [6.07, 6.45) is 3.03. The zero-order valence-electron chi connectivity index (χ0n) is 19.2. The Morgan fingerprint density at radius 3 is 2.18 bits per heavy atom. The maximum atomic E-state index is 12.8. The molecule has 2 amide bonds. The molecule has 0 aromatic heterocycles. The molecule has 0 spiro atoms. The number of benzene rings is 2. The van der Waals surface area contributed by atoms with Crippen LogP contribution in [0.1, 0.15) is 55.6 Å². The van der Waals surface area contributed by atoms with E-state index < -0.39 is 17.6 Å². The number of fused-ring (bicyclic) bond motifs is 3. The number of amides is 2. The van der Waals surface area contributed by atoms with Crippen LogP contribution >= 0.6 is 0 Å². The maximum absolute atomic E-state index is 12.8. The van der Waals surface area contributed by atoms with Gasteiger partial charge in [-0.3, -0.25) is 9.59 Å². The Morgan fingerprint density at radius 1 is 1.00 bits per heavy atom. The third-order valence-electron chi connectivity index (χ3n) is 7.59. The monoisotopic (exact) mass is 462 g/mol. The number of carboxylic acid groups (broad SMARTS) is 1. The van der Waals surface area contributed by atoms with Crippen LogP contribution in [-0.2, 0) is 14.3 Å². The van der Waals surface area contributed by atoms with Crippen molar-refractivity contribution in [1.82, 2.24) is 10.2 Å². The van der Waals surface area contributed by atoms with Crippen molar-refractivity contribution in [2.45, 2.75) is 50.0 Å². The second kappa shape index (κ2) is 9.12. The molecule has 5 rings (SSSR count). The minimum atomic E-state index is -0.800. The van der Waals surface area contributed by atoms with Crippen LogP contribution in [0.25, 0.3) is 11.1 Å². The Hall–Kier alpha value is -3.35. The molecule has 3 aliphatic rings. The van der Waals surface area contributed by atoms with Gasteiger partial charge in [0.25, 0.3) is 0 Å². The molecule has 0 bridgehead atoms. The Morgan fingerprint density at radius 2 is 1.62 bits per heavy atom. The van der Waals surface area contributed by atoms with Crippen molar-refractivity contribution in [2.24, 2.45) is 5.92 Å². The lowest BCUT2D eigenvalue weighted by molar-refractivity contribution is -0.141. The summed E-state index contributed by atoms with van der Waals surface area (Å²) in [6.45, 7) is 1.46. The van der Waals surface area contributed by atoms with Crippen molar-refractivity contribution >= 4 is 18.0 Å². The minimum absolute atomic E-state index is 0.000876. The van der Waals surface area contributed by atoms with Gasteiger partial charge in [0.05, 0.1) is 12.0 Å². The number of alkyl carbamates (subject to hydrolysis) is 1. The minimum Gasteiger partial charge on any atom is -0.481 e. The molecular weight excluding hydrogens is 432 g/mol. The highest BCUT2D eigenvalue weighted by atomic mass is 16.5. The first-order valence-corrected chi connectivity index (χ1v) is 12.1. The van der Waals surface area contributed by atoms with E-state index in [0.717, 1.165) is 19.3 Å². The van der Waals surface area contributed by atoms with Gasteiger partial charge in [-0.25, -0.2) is 4.79 Å². The Kier molecular flexibility index (Phi) is 6.02. The summed E-state index contributed by atoms with van der Waals surface area (Å²) < 4.78 is 5.69. The molecule has 178 valence electrons. The van der Waals surface area contributed by atoms with Crippen LogP contribution in [0.5, 0.6) is 0 Å². The number of nitrogens with one attached hydrogen (secondary N) is 1. The van der Waals surface area contributed by atoms with E-state index in [9.17, 15) is 14.4 Å². The van der Waals surface area contributed by atoms with Gasteiger partial charge in [0.2, 0.25) is 5.91 Å². The van der Waals surface area contributed by atoms with E-state index in [-0.39, 0.29) is 37.2 Å². The average Bonchev–Trinajstić information content (AvgIpc) is 3.08. The molecule has 1 saturated heterocycles. The SMILES string of the molecule is O=C(O)CCC1CN(C(=O)CC2(NC(=O)OCC3c4ccccc4-c4ccccc43)CCC2)C1. The number of hydrogen-bond donors (Lipinski definition) is 2. The first-order chi connectivity index (χ1) is 16.4. The predicted molar refractivity (Wildman–Crippen MR) is 126 cm³/mol. The predicted octanol–water partition coefficient (Wildman–Crippen LogP) is 4.16. The van der Waals surface area contributed by atoms with E-state index in [2.05, 4.69) is 29.6 Å². The summed E-state index contributed by atoms with van der Waals surface area (Å²) in [4.78, 5) is 38.0. The molecule has 2 N–H and O–H groups in total. The quantitative estimate of drug-likeness (QED) is 0.614. The van der Waals surface area contributed by atoms with E-state index in [4.69, 9.17) is 9.84 Å². The molecule has 2 aromatic carbocycles. The highest BCUT2D eigenvalue weighted by Gasteiger charge is 2.43. The number of ether oxygens (including phenoxy) is 1. The first kappa shape index (κ1) is 22.4. The molecule has 0 atom stereocenters. The molecule has 1 heterocycles. The number of carboxylic acids is 1. The topological polar surface area (TPSA) is 95.9 Å². The Bertz CT molecular complexity index is 1060. The molecule has 1 aliphatic heterocycles. The van der Waals surface area contributed by atoms with Crippen LogP contribution < -0.4 is 5.32 Å². The van der Waals surface area contributed by atoms with Crippen molar-refractivity contribution in [2.75, 3.05) is 19.7 Å². The van der Waals surface area contributed by atoms with Gasteiger partial charge in [-0.2, -0.15) is 0 Å². The van der Waals surface area contributed by atoms with Crippen molar-refractivity contribution < 1.29 is 24.2 Å². The number of hydrogen-bond acceptors (Lipinski definition) is 4. The first-order valence-electron chi connectivity index (χ1n) is 12.1. The lowest BCUT2D eigenvalue weighted by Gasteiger charge is -2.45. The van der Waals surface area contributed by atoms with Crippen LogP contribution in [0.3, 0.4) is 0 Å². The average molecular weight is 463 g/mol. The van der Waals surface area contributed by atoms with Crippen molar-refractivity contribution in [3.05, 3.63) is 59.7 Å². The van der Waals surface area contributed by atoms with Crippen LogP contribution in [0.4, 0.5) is 4.79 Å². The molecule has 7 heteroatoms. The van der Waals surface area contributed by atoms with Crippen molar-refractivity contribution in [3.63, 3.8) is 0 Å². The van der Waals surface area contributed by atoms with Crippen LogP contribution in [-0.4, -0.2) is 53.2 Å². The maximum Gasteiger partial charge on any atom is 0.407 e. The van der Waals surface area contributed by atoms with Gasteiger partial charge in [-0.15, -0.1) is 0 Å². The fourth-order valence-electron chi connectivity index (χ4n) is 5.49. The van der Waals surface area contributed by atoms with Crippen molar-refractivity contribution in [1.29, 1.82) is 0 Å². The summed E-state index contributed by atoms with van der Waals surface area (Å²) in [5.74, 6) is -0.524. The van der Waals surface area contributed by atoms with Gasteiger partial charge < -0.3 is 20.1 Å². The van der Waals surface area contributed by atoms with Gasteiger partial charge in [0.1, 0.15) is 6.61 Å². The normalized spacial score (nSPS) is 18.3. The number of nitrogens with zero attached hydrogens (tertiary/aromatic N) is 1. The molecule has 0 radical (unpaired) electrons. The number of aliphatic carboxylic acids is 1. The van der Waals surface area contributed by atoms with Crippen LogP contribution in [0.2, 0.25) is 0 Å². The van der Waals surface area contributed by atoms with Gasteiger partial charge in [-0.05, 0) is 53.9 Å². The summed E-state index contributed by atoms with van der Waals surface area (Å²) >= 11 is 0. The van der Waals surface area contributed by atoms with E-state index in [1.54, 1.807) is 4.90 Å². The molecule has 0 unspecified atom stereocenters. The van der Waals surface area contributed by atoms with E-state index in [0.29, 0.717) is 19.5 Å². The van der Waals surface area contributed by atoms with Gasteiger partial charge in [0, 0.05) is 25.4 Å². The summed E-state index contributed by atoms with van der Waals surface area (Å²) in [5.41, 5.74) is 4.17. The Balaban J connectivity index is 1.15.